The van der Waals surface area contributed by atoms with Gasteiger partial charge in [-0.05, 0) is 17.7 Å². The van der Waals surface area contributed by atoms with Crippen molar-refractivity contribution >= 4 is 15.9 Å². The van der Waals surface area contributed by atoms with Crippen molar-refractivity contribution in [3.63, 3.8) is 0 Å². The molecule has 0 amide bonds. The van der Waals surface area contributed by atoms with Gasteiger partial charge >= 0.3 is 0 Å². The van der Waals surface area contributed by atoms with Crippen LogP contribution in [-0.4, -0.2) is 28.5 Å². The monoisotopic (exact) mass is 327 g/mol. The lowest BCUT2D eigenvalue weighted by molar-refractivity contribution is 0.185. The second-order valence-electron chi connectivity index (χ2n) is 4.11. The van der Waals surface area contributed by atoms with E-state index in [1.165, 1.54) is 12.1 Å². The topological polar surface area (TPSA) is 39.9 Å². The van der Waals surface area contributed by atoms with Gasteiger partial charge in [0.15, 0.2) is 0 Å². The minimum Gasteiger partial charge on any atom is -0.383 e. The molecule has 0 atom stereocenters. The standard InChI is InChI=1S/C13H15BrFN3O/c1-19-7-6-18-12(16-17-13(18)9-14)8-10-2-4-11(15)5-3-10/h2-5H,6-9H2,1H3. The summed E-state index contributed by atoms with van der Waals surface area (Å²) in [6, 6.07) is 6.43. The molecule has 0 aliphatic carbocycles. The molecule has 102 valence electrons. The first-order chi connectivity index (χ1) is 9.24. The van der Waals surface area contributed by atoms with Crippen molar-refractivity contribution in [1.29, 1.82) is 0 Å². The third-order valence-corrected chi connectivity index (χ3v) is 3.32. The Morgan fingerprint density at radius 3 is 2.53 bits per heavy atom. The van der Waals surface area contributed by atoms with E-state index in [0.29, 0.717) is 24.9 Å². The number of benzene rings is 1. The highest BCUT2D eigenvalue weighted by molar-refractivity contribution is 9.08. The van der Waals surface area contributed by atoms with Crippen LogP contribution in [0.15, 0.2) is 24.3 Å². The summed E-state index contributed by atoms with van der Waals surface area (Å²) in [4.78, 5) is 0. The van der Waals surface area contributed by atoms with Gasteiger partial charge in [-0.1, -0.05) is 28.1 Å². The van der Waals surface area contributed by atoms with E-state index < -0.39 is 0 Å². The molecule has 0 saturated carbocycles. The van der Waals surface area contributed by atoms with Gasteiger partial charge in [0, 0.05) is 20.1 Å². The summed E-state index contributed by atoms with van der Waals surface area (Å²) in [6.07, 6.45) is 0.629. The molecule has 6 heteroatoms. The van der Waals surface area contributed by atoms with Gasteiger partial charge in [0.1, 0.15) is 17.5 Å². The number of aromatic nitrogens is 3. The number of hydrogen-bond acceptors (Lipinski definition) is 3. The van der Waals surface area contributed by atoms with E-state index in [0.717, 1.165) is 17.2 Å². The summed E-state index contributed by atoms with van der Waals surface area (Å²) in [7, 11) is 1.66. The molecule has 0 radical (unpaired) electrons. The molecule has 1 heterocycles. The molecule has 1 aromatic carbocycles. The zero-order valence-corrected chi connectivity index (χ0v) is 12.2. The Bertz CT molecular complexity index is 527. The molecule has 0 N–H and O–H groups in total. The van der Waals surface area contributed by atoms with Gasteiger partial charge in [-0.2, -0.15) is 0 Å². The summed E-state index contributed by atoms with van der Waals surface area (Å²) < 4.78 is 20.0. The van der Waals surface area contributed by atoms with Gasteiger partial charge in [-0.3, -0.25) is 0 Å². The molecule has 2 rings (SSSR count). The summed E-state index contributed by atoms with van der Waals surface area (Å²) >= 11 is 3.39. The van der Waals surface area contributed by atoms with E-state index in [4.69, 9.17) is 4.74 Å². The van der Waals surface area contributed by atoms with Crippen LogP contribution >= 0.6 is 15.9 Å². The molecule has 1 aromatic heterocycles. The quantitative estimate of drug-likeness (QED) is 0.765. The molecule has 0 spiro atoms. The van der Waals surface area contributed by atoms with Crippen molar-refractivity contribution in [2.45, 2.75) is 18.3 Å². The molecule has 4 nitrogen and oxygen atoms in total. The smallest absolute Gasteiger partial charge is 0.143 e. The van der Waals surface area contributed by atoms with E-state index in [1.807, 2.05) is 4.57 Å². The summed E-state index contributed by atoms with van der Waals surface area (Å²) in [5.41, 5.74) is 1.01. The van der Waals surface area contributed by atoms with Crippen LogP contribution in [0.3, 0.4) is 0 Å². The van der Waals surface area contributed by atoms with Crippen LogP contribution < -0.4 is 0 Å². The maximum Gasteiger partial charge on any atom is 0.143 e. The molecule has 2 aromatic rings. The van der Waals surface area contributed by atoms with Gasteiger partial charge in [0.25, 0.3) is 0 Å². The fourth-order valence-corrected chi connectivity index (χ4v) is 2.24. The van der Waals surface area contributed by atoms with Gasteiger partial charge < -0.3 is 9.30 Å². The zero-order valence-electron chi connectivity index (χ0n) is 10.6. The minimum absolute atomic E-state index is 0.231. The van der Waals surface area contributed by atoms with Crippen LogP contribution in [0.2, 0.25) is 0 Å². The number of methoxy groups -OCH3 is 1. The van der Waals surface area contributed by atoms with E-state index >= 15 is 0 Å². The highest BCUT2D eigenvalue weighted by Crippen LogP contribution is 2.12. The highest BCUT2D eigenvalue weighted by Gasteiger charge is 2.11. The van der Waals surface area contributed by atoms with Gasteiger partial charge in [-0.25, -0.2) is 4.39 Å². The maximum atomic E-state index is 12.9. The fraction of sp³-hybridized carbons (Fsp3) is 0.385. The van der Waals surface area contributed by atoms with Gasteiger partial charge in [0.05, 0.1) is 11.9 Å². The number of ether oxygens (including phenoxy) is 1. The SMILES string of the molecule is COCCn1c(CBr)nnc1Cc1ccc(F)cc1. The van der Waals surface area contributed by atoms with Crippen molar-refractivity contribution in [2.75, 3.05) is 13.7 Å². The van der Waals surface area contributed by atoms with Crippen LogP contribution in [0, 0.1) is 5.82 Å². The fourth-order valence-electron chi connectivity index (χ4n) is 1.83. The van der Waals surface area contributed by atoms with Crippen molar-refractivity contribution < 1.29 is 9.13 Å². The summed E-state index contributed by atoms with van der Waals surface area (Å²) in [6.45, 7) is 1.31. The third-order valence-electron chi connectivity index (χ3n) is 2.82. The lowest BCUT2D eigenvalue weighted by Crippen LogP contribution is -2.11. The van der Waals surface area contributed by atoms with E-state index in [-0.39, 0.29) is 5.82 Å². The Morgan fingerprint density at radius 2 is 1.89 bits per heavy atom. The molecule has 0 aliphatic heterocycles. The second-order valence-corrected chi connectivity index (χ2v) is 4.67. The second kappa shape index (κ2) is 6.77. The third kappa shape index (κ3) is 3.61. The first-order valence-electron chi connectivity index (χ1n) is 5.95. The molecule has 0 aliphatic rings. The lowest BCUT2D eigenvalue weighted by Gasteiger charge is -2.08. The number of halogens is 2. The Kier molecular flexibility index (Phi) is 5.04. The number of rotatable bonds is 6. The number of hydrogen-bond donors (Lipinski definition) is 0. The average molecular weight is 328 g/mol. The Labute approximate surface area is 119 Å². The Morgan fingerprint density at radius 1 is 1.21 bits per heavy atom. The normalized spacial score (nSPS) is 10.9. The van der Waals surface area contributed by atoms with Crippen molar-refractivity contribution in [2.24, 2.45) is 0 Å². The first kappa shape index (κ1) is 14.1. The van der Waals surface area contributed by atoms with Crippen LogP contribution in [0.1, 0.15) is 17.2 Å². The summed E-state index contributed by atoms with van der Waals surface area (Å²) in [5, 5.41) is 8.97. The predicted molar refractivity (Wildman–Crippen MR) is 73.7 cm³/mol. The van der Waals surface area contributed by atoms with E-state index in [1.54, 1.807) is 19.2 Å². The molecule has 0 saturated heterocycles. The Hall–Kier alpha value is -1.27. The van der Waals surface area contributed by atoms with Crippen LogP contribution in [0.5, 0.6) is 0 Å². The highest BCUT2D eigenvalue weighted by atomic mass is 79.9. The summed E-state index contributed by atoms with van der Waals surface area (Å²) in [5.74, 6) is 1.50. The van der Waals surface area contributed by atoms with Crippen LogP contribution in [0.25, 0.3) is 0 Å². The van der Waals surface area contributed by atoms with Crippen molar-refractivity contribution in [3.05, 3.63) is 47.3 Å². The average Bonchev–Trinajstić information content (AvgIpc) is 2.81. The molecular weight excluding hydrogens is 313 g/mol. The zero-order chi connectivity index (χ0) is 13.7. The molecule has 0 fully saturated rings. The van der Waals surface area contributed by atoms with Crippen molar-refractivity contribution in [3.8, 4) is 0 Å². The van der Waals surface area contributed by atoms with E-state index in [2.05, 4.69) is 26.1 Å². The maximum absolute atomic E-state index is 12.9. The largest absolute Gasteiger partial charge is 0.383 e. The van der Waals surface area contributed by atoms with Crippen LogP contribution in [0.4, 0.5) is 4.39 Å². The predicted octanol–water partition coefficient (Wildman–Crippen LogP) is 2.55. The van der Waals surface area contributed by atoms with Gasteiger partial charge in [-0.15, -0.1) is 10.2 Å². The van der Waals surface area contributed by atoms with Crippen molar-refractivity contribution in [1.82, 2.24) is 14.8 Å². The molecular formula is C13H15BrFN3O. The number of nitrogens with zero attached hydrogens (tertiary/aromatic N) is 3. The number of alkyl halides is 1. The van der Waals surface area contributed by atoms with Gasteiger partial charge in [0.2, 0.25) is 0 Å². The first-order valence-corrected chi connectivity index (χ1v) is 7.07. The molecule has 0 bridgehead atoms. The lowest BCUT2D eigenvalue weighted by atomic mass is 10.1. The Balaban J connectivity index is 2.19. The van der Waals surface area contributed by atoms with E-state index in [9.17, 15) is 4.39 Å². The van der Waals surface area contributed by atoms with Crippen LogP contribution in [-0.2, 0) is 23.0 Å². The minimum atomic E-state index is -0.231. The molecule has 0 unspecified atom stereocenters. The molecule has 19 heavy (non-hydrogen) atoms.